The highest BCUT2D eigenvalue weighted by atomic mass is 16.3. The van der Waals surface area contributed by atoms with E-state index in [0.29, 0.717) is 11.3 Å². The molecule has 2 aliphatic heterocycles. The van der Waals surface area contributed by atoms with Crippen molar-refractivity contribution >= 4 is 101 Å². The average Bonchev–Trinajstić information content (AvgIpc) is 0.831. The third-order valence-electron chi connectivity index (χ3n) is 25.9. The maximum Gasteiger partial charge on any atom is 0.252 e. The van der Waals surface area contributed by atoms with Gasteiger partial charge in [-0.1, -0.05) is 363 Å². The lowest BCUT2D eigenvalue weighted by Crippen LogP contribution is -2.61. The highest BCUT2D eigenvalue weighted by molar-refractivity contribution is 7.00. The summed E-state index contributed by atoms with van der Waals surface area (Å²) >= 11 is 0. The van der Waals surface area contributed by atoms with Crippen molar-refractivity contribution in [2.45, 2.75) is 52.4 Å². The topological polar surface area (TPSA) is 24.6 Å². The van der Waals surface area contributed by atoms with Crippen LogP contribution in [-0.2, 0) is 10.8 Å². The number of fused-ring (bicyclic) bond motifs is 10. The summed E-state index contributed by atoms with van der Waals surface area (Å²) in [7, 11) is 0. The van der Waals surface area contributed by atoms with Gasteiger partial charge in [0, 0.05) is 72.2 Å². The van der Waals surface area contributed by atoms with Crippen molar-refractivity contribution < 1.29 is 14.0 Å². The normalized spacial score (nSPS) is 13.2. The summed E-state index contributed by atoms with van der Waals surface area (Å²) < 4.78 is 79.8. The van der Waals surface area contributed by atoms with E-state index < -0.39 is 24.2 Å². The van der Waals surface area contributed by atoms with Gasteiger partial charge in [0.1, 0.15) is 11.2 Å². The minimum absolute atomic E-state index is 0.0773. The summed E-state index contributed by atoms with van der Waals surface area (Å²) in [5, 5.41) is 2.14. The summed E-state index contributed by atoms with van der Waals surface area (Å²) in [5.41, 5.74) is 32.7. The molecule has 0 atom stereocenters. The fourth-order valence-electron chi connectivity index (χ4n) is 19.6. The van der Waals surface area contributed by atoms with Gasteiger partial charge < -0.3 is 18.8 Å². The van der Waals surface area contributed by atoms with Crippen molar-refractivity contribution in [3.63, 3.8) is 0 Å². The number of anilines is 6. The van der Waals surface area contributed by atoms with Crippen LogP contribution in [0.25, 0.3) is 172 Å². The minimum Gasteiger partial charge on any atom is -0.456 e. The van der Waals surface area contributed by atoms with Crippen molar-refractivity contribution in [2.75, 3.05) is 9.80 Å². The van der Waals surface area contributed by atoms with Crippen LogP contribution in [0, 0.1) is 0 Å². The number of hydrogen-bond donors (Lipinski definition) is 0. The van der Waals surface area contributed by atoms with Gasteiger partial charge in [-0.25, -0.2) is 0 Å². The molecular weight excluding hydrogens is 1530 g/mol. The molecule has 21 aromatic rings. The molecule has 2 aromatic heterocycles. The van der Waals surface area contributed by atoms with Gasteiger partial charge in [0.2, 0.25) is 0 Å². The van der Waals surface area contributed by atoms with Crippen LogP contribution in [-0.4, -0.2) is 11.3 Å². The Kier molecular flexibility index (Phi) is 16.7. The molecule has 0 aliphatic carbocycles. The third kappa shape index (κ3) is 13.4. The number of hydrogen-bond acceptors (Lipinski definition) is 3. The van der Waals surface area contributed by atoms with Crippen molar-refractivity contribution in [3.8, 4) is 128 Å². The second kappa shape index (κ2) is 30.7. The maximum absolute atomic E-state index is 10.6. The first-order valence-electron chi connectivity index (χ1n) is 47.3. The smallest absolute Gasteiger partial charge is 0.252 e. The van der Waals surface area contributed by atoms with E-state index in [4.69, 9.17) is 4.42 Å². The number of benzene rings is 19. The summed E-state index contributed by atoms with van der Waals surface area (Å²) in [6.07, 6.45) is 0. The van der Waals surface area contributed by atoms with Crippen LogP contribution in [0.2, 0.25) is 0 Å². The molecule has 0 bridgehead atoms. The average molecular weight is 1630 g/mol. The number of rotatable bonds is 14. The Balaban J connectivity index is 0.940. The molecule has 0 saturated heterocycles. The summed E-state index contributed by atoms with van der Waals surface area (Å²) in [6, 6.07) is 139. The molecular formula is C122H90BN3O. The molecule has 23 rings (SSSR count). The first kappa shape index (κ1) is 68.9. The first-order chi connectivity index (χ1) is 65.2. The Labute approximate surface area is 752 Å². The van der Waals surface area contributed by atoms with Gasteiger partial charge in [-0.3, -0.25) is 0 Å². The second-order valence-corrected chi connectivity index (χ2v) is 35.7. The van der Waals surface area contributed by atoms with Crippen molar-refractivity contribution in [1.82, 2.24) is 4.57 Å². The number of furan rings is 1. The van der Waals surface area contributed by atoms with Crippen molar-refractivity contribution in [2.24, 2.45) is 0 Å². The van der Waals surface area contributed by atoms with Crippen LogP contribution in [0.1, 0.15) is 62.3 Å². The van der Waals surface area contributed by atoms with Crippen LogP contribution in [0.4, 0.5) is 34.1 Å². The van der Waals surface area contributed by atoms with E-state index in [0.717, 1.165) is 189 Å². The zero-order valence-electron chi connectivity index (χ0n) is 78.4. The predicted molar refractivity (Wildman–Crippen MR) is 539 cm³/mol. The van der Waals surface area contributed by atoms with E-state index in [1.807, 2.05) is 42.5 Å². The maximum atomic E-state index is 10.6. The molecule has 127 heavy (non-hydrogen) atoms. The summed E-state index contributed by atoms with van der Waals surface area (Å²) in [4.78, 5) is 5.13. The summed E-state index contributed by atoms with van der Waals surface area (Å²) in [6.45, 7) is 13.2. The van der Waals surface area contributed by atoms with Crippen LogP contribution in [0.15, 0.2) is 441 Å². The first-order valence-corrected chi connectivity index (χ1v) is 43.8. The van der Waals surface area contributed by atoms with Crippen molar-refractivity contribution in [1.29, 1.82) is 0 Å². The quantitative estimate of drug-likeness (QED) is 0.101. The molecule has 0 unspecified atom stereocenters. The fourth-order valence-corrected chi connectivity index (χ4v) is 19.6. The van der Waals surface area contributed by atoms with Gasteiger partial charge in [-0.15, -0.1) is 0 Å². The lowest BCUT2D eigenvalue weighted by molar-refractivity contribution is 0.590. The monoisotopic (exact) mass is 1630 g/mol. The Bertz CT molecular complexity index is 8120. The zero-order valence-corrected chi connectivity index (χ0v) is 71.4. The van der Waals surface area contributed by atoms with Crippen LogP contribution >= 0.6 is 0 Å². The molecule has 602 valence electrons. The molecule has 5 heteroatoms. The van der Waals surface area contributed by atoms with Gasteiger partial charge in [0.05, 0.1) is 32.0 Å². The predicted octanol–water partition coefficient (Wildman–Crippen LogP) is 31.7. The lowest BCUT2D eigenvalue weighted by atomic mass is 9.33. The molecule has 0 N–H and O–H groups in total. The largest absolute Gasteiger partial charge is 0.456 e. The lowest BCUT2D eigenvalue weighted by Gasteiger charge is -2.46. The Hall–Kier alpha value is -15.6. The number of aromatic nitrogens is 1. The van der Waals surface area contributed by atoms with Crippen molar-refractivity contribution in [3.05, 3.63) is 448 Å². The standard InChI is InChI=1S/C122H90BN3O/c1-121(2,3)96-74-102(84-45-24-12-25-46-84)119(103(75-96)85-47-26-13-27-48-85)125-111-64-60-89(94-68-92(82-41-20-10-21-42-82)67-93(69-94)83-43-22-11-23-44-83)71-108(111)123-107-62-61-98(124-109-56-30-28-53-100(109)106-70-88(59-63-110(106)124)81-39-18-9-19-40-81)78-112(107)126(114-73-95(72-113(125)118(114)123)99-55-34-58-116-117(99)101-54-29-31-57-115(101)127-116)120-104(90-51-32-49-86(65-90)79-35-14-7-15-36-79)76-97(122(4,5)6)77-105(120)91-52-33-50-87(66-91)80-37-16-8-17-38-80/h7-78H,1-6H3/i28D,30D,53D,56D,59D,63D,70D. The highest BCUT2D eigenvalue weighted by Crippen LogP contribution is 2.57. The minimum atomic E-state index is -0.634. The molecule has 4 heterocycles. The van der Waals surface area contributed by atoms with Crippen LogP contribution < -0.4 is 26.2 Å². The van der Waals surface area contributed by atoms with Gasteiger partial charge in [-0.2, -0.15) is 0 Å². The Morgan fingerprint density at radius 2 is 0.669 bits per heavy atom. The third-order valence-corrected chi connectivity index (χ3v) is 25.9. The SMILES string of the molecule is [2H]c1c([2H])c([2H])c2c(c1[2H])c1c([2H])c(-c3ccccc3)c([2H])c([2H])c1n2-c1ccc2c(c1)N(c1c(-c3cccc(-c4ccccc4)c3)cc(C(C)(C)C)cc1-c1cccc(-c3ccccc3)c1)c1cc(-c3cccc4oc5ccccc5c34)cc3c1B2c1cc(-c2cc(-c4ccccc4)cc(-c4ccccc4)c2)ccc1N3c1c(-c2ccccc2)cc(C(C)(C)C)cc1-c1ccccc1. The van der Waals surface area contributed by atoms with Crippen LogP contribution in [0.5, 0.6) is 0 Å². The number of para-hydroxylation sites is 2. The highest BCUT2D eigenvalue weighted by Gasteiger charge is 2.47. The van der Waals surface area contributed by atoms with Crippen LogP contribution in [0.3, 0.4) is 0 Å². The van der Waals surface area contributed by atoms with E-state index in [9.17, 15) is 9.60 Å². The van der Waals surface area contributed by atoms with Gasteiger partial charge >= 0.3 is 0 Å². The zero-order chi connectivity index (χ0) is 91.3. The second-order valence-electron chi connectivity index (χ2n) is 35.7. The Morgan fingerprint density at radius 3 is 1.20 bits per heavy atom. The molecule has 4 nitrogen and oxygen atoms in total. The molecule has 0 saturated carbocycles. The molecule has 19 aromatic carbocycles. The van der Waals surface area contributed by atoms with E-state index in [1.165, 1.54) is 5.56 Å². The molecule has 0 amide bonds. The van der Waals surface area contributed by atoms with E-state index >= 15 is 0 Å². The summed E-state index contributed by atoms with van der Waals surface area (Å²) in [5.74, 6) is 0. The fraction of sp³-hybridized carbons (Fsp3) is 0.0656. The molecule has 0 fully saturated rings. The van der Waals surface area contributed by atoms with Gasteiger partial charge in [-0.05, 0) is 254 Å². The van der Waals surface area contributed by atoms with E-state index in [1.54, 1.807) is 4.57 Å². The molecule has 0 spiro atoms. The van der Waals surface area contributed by atoms with Gasteiger partial charge in [0.25, 0.3) is 6.71 Å². The van der Waals surface area contributed by atoms with E-state index in [-0.39, 0.29) is 63.0 Å². The Morgan fingerprint density at radius 1 is 0.260 bits per heavy atom. The molecule has 2 aliphatic rings. The van der Waals surface area contributed by atoms with Gasteiger partial charge in [0.15, 0.2) is 0 Å². The van der Waals surface area contributed by atoms with E-state index in [2.05, 4.69) is 403 Å². The number of nitrogens with zero attached hydrogens (tertiary/aromatic N) is 3. The molecule has 0 radical (unpaired) electrons.